The maximum Gasteiger partial charge on any atom is 0.240 e. The van der Waals surface area contributed by atoms with Crippen LogP contribution in [-0.4, -0.2) is 33.7 Å². The van der Waals surface area contributed by atoms with Gasteiger partial charge in [0, 0.05) is 37.4 Å². The molecule has 6 nitrogen and oxygen atoms in total. The first-order chi connectivity index (χ1) is 13.1. The first kappa shape index (κ1) is 17.1. The Balaban J connectivity index is 1.74. The number of carbonyl (C=O) groups is 1. The van der Waals surface area contributed by atoms with Crippen molar-refractivity contribution in [2.24, 2.45) is 5.10 Å². The molecule has 2 aromatic carbocycles. The summed E-state index contributed by atoms with van der Waals surface area (Å²) in [4.78, 5) is 20.8. The fraction of sp³-hybridized carbons (Fsp3) is 0.200. The zero-order valence-corrected chi connectivity index (χ0v) is 14.9. The van der Waals surface area contributed by atoms with Crippen molar-refractivity contribution in [1.82, 2.24) is 15.0 Å². The molecular formula is C20H17FN4O2. The SMILES string of the molecule is COc1cc(F)ccc1C1=NN(C(C)=O)[C@@H](c2ccc3nccnc3c2)C1. The molecule has 7 heteroatoms. The Bertz CT molecular complexity index is 1070. The Morgan fingerprint density at radius 3 is 2.67 bits per heavy atom. The van der Waals surface area contributed by atoms with E-state index in [1.807, 2.05) is 18.2 Å². The van der Waals surface area contributed by atoms with Crippen LogP contribution in [0.2, 0.25) is 0 Å². The van der Waals surface area contributed by atoms with Gasteiger partial charge in [0.15, 0.2) is 0 Å². The maximum atomic E-state index is 13.5. The maximum absolute atomic E-state index is 13.5. The Labute approximate surface area is 155 Å². The van der Waals surface area contributed by atoms with Crippen LogP contribution in [0.1, 0.15) is 30.5 Å². The number of carbonyl (C=O) groups excluding carboxylic acids is 1. The monoisotopic (exact) mass is 364 g/mol. The molecule has 1 aliphatic rings. The quantitative estimate of drug-likeness (QED) is 0.714. The second kappa shape index (κ2) is 6.75. The molecule has 136 valence electrons. The highest BCUT2D eigenvalue weighted by molar-refractivity contribution is 6.05. The molecule has 1 amide bonds. The number of methoxy groups -OCH3 is 1. The second-order valence-corrected chi connectivity index (χ2v) is 6.28. The number of rotatable bonds is 3. The van der Waals surface area contributed by atoms with Gasteiger partial charge in [-0.15, -0.1) is 0 Å². The summed E-state index contributed by atoms with van der Waals surface area (Å²) in [6, 6.07) is 9.76. The van der Waals surface area contributed by atoms with E-state index in [0.29, 0.717) is 23.4 Å². The number of hydrogen-bond donors (Lipinski definition) is 0. The van der Waals surface area contributed by atoms with Crippen molar-refractivity contribution in [1.29, 1.82) is 0 Å². The van der Waals surface area contributed by atoms with Gasteiger partial charge in [0.25, 0.3) is 0 Å². The van der Waals surface area contributed by atoms with Crippen LogP contribution >= 0.6 is 0 Å². The number of amides is 1. The van der Waals surface area contributed by atoms with Crippen LogP contribution in [0.25, 0.3) is 11.0 Å². The molecule has 0 bridgehead atoms. The minimum Gasteiger partial charge on any atom is -0.496 e. The van der Waals surface area contributed by atoms with Crippen molar-refractivity contribution in [2.45, 2.75) is 19.4 Å². The van der Waals surface area contributed by atoms with Gasteiger partial charge in [0.05, 0.1) is 29.9 Å². The Hall–Kier alpha value is -3.35. The van der Waals surface area contributed by atoms with E-state index in [1.165, 1.54) is 31.2 Å². The molecule has 0 spiro atoms. The summed E-state index contributed by atoms with van der Waals surface area (Å²) in [6.07, 6.45) is 3.77. The fourth-order valence-electron chi connectivity index (χ4n) is 3.31. The van der Waals surface area contributed by atoms with E-state index >= 15 is 0 Å². The van der Waals surface area contributed by atoms with E-state index in [-0.39, 0.29) is 17.8 Å². The highest BCUT2D eigenvalue weighted by atomic mass is 19.1. The highest BCUT2D eigenvalue weighted by Gasteiger charge is 2.32. The second-order valence-electron chi connectivity index (χ2n) is 6.28. The van der Waals surface area contributed by atoms with Crippen molar-refractivity contribution < 1.29 is 13.9 Å². The van der Waals surface area contributed by atoms with Crippen LogP contribution < -0.4 is 4.74 Å². The van der Waals surface area contributed by atoms with E-state index in [9.17, 15) is 9.18 Å². The average Bonchev–Trinajstić information content (AvgIpc) is 3.13. The Morgan fingerprint density at radius 1 is 1.15 bits per heavy atom. The minimum absolute atomic E-state index is 0.171. The summed E-state index contributed by atoms with van der Waals surface area (Å²) in [5.41, 5.74) is 3.80. The predicted octanol–water partition coefficient (Wildman–Crippen LogP) is 3.48. The lowest BCUT2D eigenvalue weighted by Crippen LogP contribution is -2.24. The molecule has 0 unspecified atom stereocenters. The third kappa shape index (κ3) is 3.12. The first-order valence-electron chi connectivity index (χ1n) is 8.48. The Morgan fingerprint density at radius 2 is 1.93 bits per heavy atom. The van der Waals surface area contributed by atoms with Gasteiger partial charge in [-0.1, -0.05) is 6.07 Å². The largest absolute Gasteiger partial charge is 0.496 e. The molecule has 0 fully saturated rings. The number of hydrazone groups is 1. The number of aromatic nitrogens is 2. The number of halogens is 1. The van der Waals surface area contributed by atoms with Crippen molar-refractivity contribution in [2.75, 3.05) is 7.11 Å². The van der Waals surface area contributed by atoms with Gasteiger partial charge in [0.1, 0.15) is 11.6 Å². The lowest BCUT2D eigenvalue weighted by molar-refractivity contribution is -0.130. The normalized spacial score (nSPS) is 16.5. The lowest BCUT2D eigenvalue weighted by atomic mass is 9.97. The smallest absolute Gasteiger partial charge is 0.240 e. The molecule has 4 rings (SSSR count). The zero-order chi connectivity index (χ0) is 19.0. The van der Waals surface area contributed by atoms with Crippen LogP contribution in [-0.2, 0) is 4.79 Å². The third-order valence-corrected chi connectivity index (χ3v) is 4.59. The fourth-order valence-corrected chi connectivity index (χ4v) is 3.31. The highest BCUT2D eigenvalue weighted by Crippen LogP contribution is 2.35. The molecular weight excluding hydrogens is 347 g/mol. The number of ether oxygens (including phenoxy) is 1. The molecule has 1 aliphatic heterocycles. The van der Waals surface area contributed by atoms with Gasteiger partial charge in [-0.25, -0.2) is 9.40 Å². The summed E-state index contributed by atoms with van der Waals surface area (Å²) in [5, 5.41) is 5.95. The number of nitrogens with zero attached hydrogens (tertiary/aromatic N) is 4. The molecule has 0 aliphatic carbocycles. The number of benzene rings is 2. The molecule has 0 N–H and O–H groups in total. The van der Waals surface area contributed by atoms with Crippen LogP contribution in [0.3, 0.4) is 0 Å². The minimum atomic E-state index is -0.387. The van der Waals surface area contributed by atoms with Crippen molar-refractivity contribution in [3.8, 4) is 5.75 Å². The van der Waals surface area contributed by atoms with Gasteiger partial charge >= 0.3 is 0 Å². The predicted molar refractivity (Wildman–Crippen MR) is 98.9 cm³/mol. The molecule has 0 saturated carbocycles. The van der Waals surface area contributed by atoms with Crippen molar-refractivity contribution >= 4 is 22.7 Å². The van der Waals surface area contributed by atoms with Gasteiger partial charge in [-0.2, -0.15) is 5.10 Å². The topological polar surface area (TPSA) is 67.7 Å². The average molecular weight is 364 g/mol. The van der Waals surface area contributed by atoms with Gasteiger partial charge in [-0.05, 0) is 29.8 Å². The van der Waals surface area contributed by atoms with E-state index < -0.39 is 0 Å². The Kier molecular flexibility index (Phi) is 4.27. The lowest BCUT2D eigenvalue weighted by Gasteiger charge is -2.20. The summed E-state index contributed by atoms with van der Waals surface area (Å²) in [6.45, 7) is 1.47. The van der Waals surface area contributed by atoms with Gasteiger partial charge in [0.2, 0.25) is 5.91 Å². The molecule has 0 saturated heterocycles. The number of hydrogen-bond acceptors (Lipinski definition) is 5. The molecule has 1 atom stereocenters. The van der Waals surface area contributed by atoms with Gasteiger partial charge < -0.3 is 4.74 Å². The molecule has 3 aromatic rings. The summed E-state index contributed by atoms with van der Waals surface area (Å²) >= 11 is 0. The molecule has 2 heterocycles. The van der Waals surface area contributed by atoms with Crippen molar-refractivity contribution in [3.05, 3.63) is 65.7 Å². The third-order valence-electron chi connectivity index (χ3n) is 4.59. The summed E-state index contributed by atoms with van der Waals surface area (Å²) < 4.78 is 18.8. The van der Waals surface area contributed by atoms with E-state index in [0.717, 1.165) is 16.6 Å². The summed E-state index contributed by atoms with van der Waals surface area (Å²) in [7, 11) is 1.48. The summed E-state index contributed by atoms with van der Waals surface area (Å²) in [5.74, 6) is -0.167. The van der Waals surface area contributed by atoms with Crippen LogP contribution in [0.4, 0.5) is 4.39 Å². The van der Waals surface area contributed by atoms with Crippen LogP contribution in [0.15, 0.2) is 53.9 Å². The molecule has 27 heavy (non-hydrogen) atoms. The van der Waals surface area contributed by atoms with Crippen LogP contribution in [0, 0.1) is 5.82 Å². The van der Waals surface area contributed by atoms with Crippen LogP contribution in [0.5, 0.6) is 5.75 Å². The number of fused-ring (bicyclic) bond motifs is 1. The zero-order valence-electron chi connectivity index (χ0n) is 14.9. The van der Waals surface area contributed by atoms with E-state index in [1.54, 1.807) is 18.5 Å². The van der Waals surface area contributed by atoms with E-state index in [2.05, 4.69) is 15.1 Å². The van der Waals surface area contributed by atoms with E-state index in [4.69, 9.17) is 4.74 Å². The molecule has 0 radical (unpaired) electrons. The van der Waals surface area contributed by atoms with Crippen molar-refractivity contribution in [3.63, 3.8) is 0 Å². The van der Waals surface area contributed by atoms with Gasteiger partial charge in [-0.3, -0.25) is 14.8 Å². The standard InChI is InChI=1S/C20H17FN4O2/c1-12(26)25-19(13-3-6-16-18(9-13)23-8-7-22-16)11-17(24-25)15-5-4-14(21)10-20(15)27-2/h3-10,19H,11H2,1-2H3/t19-/m1/s1. The molecule has 1 aromatic heterocycles. The first-order valence-corrected chi connectivity index (χ1v) is 8.48.